The quantitative estimate of drug-likeness (QED) is 0.364. The maximum absolute atomic E-state index is 10.1. The molecule has 0 heterocycles. The van der Waals surface area contributed by atoms with Crippen LogP contribution < -0.4 is 5.73 Å². The van der Waals surface area contributed by atoms with Gasteiger partial charge in [0.2, 0.25) is 0 Å². The highest BCUT2D eigenvalue weighted by Gasteiger charge is 2.00. The Kier molecular flexibility index (Phi) is 3.80. The Morgan fingerprint density at radius 3 is 2.09 bits per heavy atom. The van der Waals surface area contributed by atoms with Crippen molar-refractivity contribution in [3.05, 3.63) is 34.4 Å². The van der Waals surface area contributed by atoms with Gasteiger partial charge in [-0.1, -0.05) is 0 Å². The average Bonchev–Trinajstić information content (AvgIpc) is 1.88. The molecule has 0 aliphatic carbocycles. The number of non-ortho nitro benzene ring substituents is 1. The third-order valence-electron chi connectivity index (χ3n) is 1.10. The van der Waals surface area contributed by atoms with Crippen molar-refractivity contribution in [2.45, 2.75) is 0 Å². The van der Waals surface area contributed by atoms with Gasteiger partial charge in [0.15, 0.2) is 0 Å². The monoisotopic (exact) mass is 266 g/mol. The molecule has 2 N–H and O–H groups in total. The van der Waals surface area contributed by atoms with Crippen LogP contribution in [0.15, 0.2) is 24.3 Å². The van der Waals surface area contributed by atoms with Gasteiger partial charge in [0.05, 0.1) is 4.92 Å². The van der Waals surface area contributed by atoms with Crippen LogP contribution >= 0.6 is 24.0 Å². The van der Waals surface area contributed by atoms with E-state index >= 15 is 0 Å². The standard InChI is InChI=1S/C6H6N2O2.HI/c7-5-1-3-6(4-2-5)8(9)10;/h1-4H,7H2;1H. The van der Waals surface area contributed by atoms with E-state index in [4.69, 9.17) is 5.73 Å². The zero-order valence-electron chi connectivity index (χ0n) is 5.56. The smallest absolute Gasteiger partial charge is 0.269 e. The summed E-state index contributed by atoms with van der Waals surface area (Å²) >= 11 is 0. The van der Waals surface area contributed by atoms with Crippen molar-refractivity contribution in [2.24, 2.45) is 0 Å². The average molecular weight is 266 g/mol. The lowest BCUT2D eigenvalue weighted by Crippen LogP contribution is -1.88. The molecule has 0 atom stereocenters. The highest BCUT2D eigenvalue weighted by Crippen LogP contribution is 2.11. The van der Waals surface area contributed by atoms with Gasteiger partial charge in [-0.15, -0.1) is 24.0 Å². The van der Waals surface area contributed by atoms with Crippen molar-refractivity contribution < 1.29 is 4.92 Å². The first kappa shape index (κ1) is 10.2. The first-order valence-corrected chi connectivity index (χ1v) is 2.70. The molecule has 5 heteroatoms. The van der Waals surface area contributed by atoms with Crippen LogP contribution in [0.1, 0.15) is 0 Å². The number of hydrogen-bond acceptors (Lipinski definition) is 3. The number of nitro groups is 1. The molecule has 0 amide bonds. The third-order valence-corrected chi connectivity index (χ3v) is 1.10. The first-order valence-electron chi connectivity index (χ1n) is 2.70. The Hall–Kier alpha value is -0.850. The second kappa shape index (κ2) is 4.12. The number of nitrogens with zero attached hydrogens (tertiary/aromatic N) is 1. The molecule has 1 aromatic rings. The molecular formula is C6H7IN2O2. The molecule has 0 bridgehead atoms. The van der Waals surface area contributed by atoms with Gasteiger partial charge in [0.1, 0.15) is 0 Å². The van der Waals surface area contributed by atoms with Gasteiger partial charge >= 0.3 is 0 Å². The van der Waals surface area contributed by atoms with E-state index in [0.717, 1.165) is 0 Å². The van der Waals surface area contributed by atoms with Crippen molar-refractivity contribution in [1.29, 1.82) is 0 Å². The Morgan fingerprint density at radius 2 is 1.73 bits per heavy atom. The summed E-state index contributed by atoms with van der Waals surface area (Å²) in [5.41, 5.74) is 5.90. The highest BCUT2D eigenvalue weighted by atomic mass is 127. The fraction of sp³-hybridized carbons (Fsp3) is 0. The van der Waals surface area contributed by atoms with E-state index in [-0.39, 0.29) is 29.7 Å². The van der Waals surface area contributed by atoms with Crippen molar-refractivity contribution >= 4 is 35.4 Å². The second-order valence-electron chi connectivity index (χ2n) is 1.85. The second-order valence-corrected chi connectivity index (χ2v) is 1.85. The molecule has 0 aliphatic heterocycles. The minimum absolute atomic E-state index is 0. The molecule has 1 aromatic carbocycles. The van der Waals surface area contributed by atoms with Crippen LogP contribution in [0.4, 0.5) is 11.4 Å². The largest absolute Gasteiger partial charge is 0.399 e. The van der Waals surface area contributed by atoms with E-state index in [1.165, 1.54) is 24.3 Å². The van der Waals surface area contributed by atoms with Crippen LogP contribution in [0.3, 0.4) is 0 Å². The van der Waals surface area contributed by atoms with E-state index < -0.39 is 4.92 Å². The van der Waals surface area contributed by atoms with Crippen LogP contribution in [0.2, 0.25) is 0 Å². The Balaban J connectivity index is 0.000001000. The topological polar surface area (TPSA) is 69.2 Å². The molecule has 11 heavy (non-hydrogen) atoms. The van der Waals surface area contributed by atoms with E-state index in [9.17, 15) is 10.1 Å². The summed E-state index contributed by atoms with van der Waals surface area (Å²) in [5, 5.41) is 10.1. The fourth-order valence-corrected chi connectivity index (χ4v) is 0.596. The molecule has 0 radical (unpaired) electrons. The molecule has 0 spiro atoms. The van der Waals surface area contributed by atoms with E-state index in [1.54, 1.807) is 0 Å². The van der Waals surface area contributed by atoms with Crippen LogP contribution in [0.25, 0.3) is 0 Å². The molecule has 0 fully saturated rings. The SMILES string of the molecule is I.Nc1ccc([N+](=O)[O-])cc1. The van der Waals surface area contributed by atoms with Crippen LogP contribution in [-0.2, 0) is 0 Å². The fourth-order valence-electron chi connectivity index (χ4n) is 0.596. The molecule has 4 nitrogen and oxygen atoms in total. The summed E-state index contributed by atoms with van der Waals surface area (Å²) in [5.74, 6) is 0. The Bertz CT molecular complexity index is 247. The predicted molar refractivity (Wildman–Crippen MR) is 52.9 cm³/mol. The lowest BCUT2D eigenvalue weighted by molar-refractivity contribution is -0.384. The third kappa shape index (κ3) is 2.71. The van der Waals surface area contributed by atoms with E-state index in [1.807, 2.05) is 0 Å². The van der Waals surface area contributed by atoms with Crippen molar-refractivity contribution in [2.75, 3.05) is 5.73 Å². The number of rotatable bonds is 1. The number of halogens is 1. The molecule has 0 aliphatic rings. The minimum atomic E-state index is -0.459. The summed E-state index contributed by atoms with van der Waals surface area (Å²) in [6.45, 7) is 0. The molecule has 0 aromatic heterocycles. The van der Waals surface area contributed by atoms with Gasteiger partial charge in [0.25, 0.3) is 5.69 Å². The number of nitrogen functional groups attached to an aromatic ring is 1. The number of benzene rings is 1. The van der Waals surface area contributed by atoms with Gasteiger partial charge in [-0.05, 0) is 12.1 Å². The zero-order valence-corrected chi connectivity index (χ0v) is 7.89. The molecule has 0 saturated carbocycles. The number of nitro benzene ring substituents is 1. The van der Waals surface area contributed by atoms with Gasteiger partial charge in [-0.2, -0.15) is 0 Å². The summed E-state index contributed by atoms with van der Waals surface area (Å²) < 4.78 is 0. The van der Waals surface area contributed by atoms with Crippen molar-refractivity contribution in [3.63, 3.8) is 0 Å². The number of anilines is 1. The van der Waals surface area contributed by atoms with Crippen molar-refractivity contribution in [1.82, 2.24) is 0 Å². The molecule has 60 valence electrons. The summed E-state index contributed by atoms with van der Waals surface area (Å²) in [6, 6.07) is 5.74. The van der Waals surface area contributed by atoms with Gasteiger partial charge in [0, 0.05) is 17.8 Å². The normalized spacial score (nSPS) is 8.36. The predicted octanol–water partition coefficient (Wildman–Crippen LogP) is 1.79. The molecule has 0 saturated heterocycles. The molecular weight excluding hydrogens is 259 g/mol. The summed E-state index contributed by atoms with van der Waals surface area (Å²) in [6.07, 6.45) is 0. The Labute approximate surface area is 80.6 Å². The Morgan fingerprint density at radius 1 is 1.27 bits per heavy atom. The van der Waals surface area contributed by atoms with Gasteiger partial charge in [-0.3, -0.25) is 10.1 Å². The van der Waals surface area contributed by atoms with Crippen LogP contribution in [0, 0.1) is 10.1 Å². The zero-order chi connectivity index (χ0) is 7.56. The lowest BCUT2D eigenvalue weighted by Gasteiger charge is -1.90. The minimum Gasteiger partial charge on any atom is -0.399 e. The summed E-state index contributed by atoms with van der Waals surface area (Å²) in [7, 11) is 0. The summed E-state index contributed by atoms with van der Waals surface area (Å²) in [4.78, 5) is 9.62. The van der Waals surface area contributed by atoms with Gasteiger partial charge in [-0.25, -0.2) is 0 Å². The number of hydrogen-bond donors (Lipinski definition) is 1. The van der Waals surface area contributed by atoms with Crippen LogP contribution in [0.5, 0.6) is 0 Å². The molecule has 1 rings (SSSR count). The highest BCUT2D eigenvalue weighted by molar-refractivity contribution is 14.0. The first-order chi connectivity index (χ1) is 4.70. The van der Waals surface area contributed by atoms with Gasteiger partial charge < -0.3 is 5.73 Å². The van der Waals surface area contributed by atoms with E-state index in [2.05, 4.69) is 0 Å². The maximum atomic E-state index is 10.1. The van der Waals surface area contributed by atoms with Crippen LogP contribution in [-0.4, -0.2) is 4.92 Å². The number of nitrogens with two attached hydrogens (primary N) is 1. The maximum Gasteiger partial charge on any atom is 0.269 e. The van der Waals surface area contributed by atoms with E-state index in [0.29, 0.717) is 5.69 Å². The molecule has 0 unspecified atom stereocenters. The van der Waals surface area contributed by atoms with Crippen molar-refractivity contribution in [3.8, 4) is 0 Å². The lowest BCUT2D eigenvalue weighted by atomic mass is 10.3.